The maximum absolute atomic E-state index is 11.3. The Labute approximate surface area is 149 Å². The third-order valence-electron chi connectivity index (χ3n) is 3.67. The average molecular weight is 349 g/mol. The van der Waals surface area contributed by atoms with Crippen LogP contribution in [-0.4, -0.2) is 16.0 Å². The molecule has 0 spiro atoms. The molecule has 0 bridgehead atoms. The van der Waals surface area contributed by atoms with Crippen LogP contribution in [-0.2, 0) is 0 Å². The van der Waals surface area contributed by atoms with Gasteiger partial charge in [-0.1, -0.05) is 18.2 Å². The number of aromatic carboxylic acids is 1. The predicted octanol–water partition coefficient (Wildman–Crippen LogP) is 4.78. The van der Waals surface area contributed by atoms with Gasteiger partial charge in [0, 0.05) is 29.2 Å². The molecule has 0 saturated carbocycles. The monoisotopic (exact) mass is 349 g/mol. The first-order valence-electron chi connectivity index (χ1n) is 7.74. The Morgan fingerprint density at radius 3 is 2.00 bits per heavy atom. The van der Waals surface area contributed by atoms with Crippen molar-refractivity contribution in [2.45, 2.75) is 0 Å². The molecule has 0 aliphatic carbocycles. The van der Waals surface area contributed by atoms with Crippen LogP contribution >= 0.6 is 0 Å². The molecule has 7 nitrogen and oxygen atoms in total. The summed E-state index contributed by atoms with van der Waals surface area (Å²) in [5, 5.41) is 26.4. The molecule has 3 rings (SSSR count). The summed E-state index contributed by atoms with van der Waals surface area (Å²) >= 11 is 0. The van der Waals surface area contributed by atoms with Crippen molar-refractivity contribution in [2.24, 2.45) is 0 Å². The van der Waals surface area contributed by atoms with E-state index in [9.17, 15) is 20.0 Å². The highest BCUT2D eigenvalue weighted by atomic mass is 16.6. The van der Waals surface area contributed by atoms with E-state index in [1.807, 2.05) is 42.5 Å². The molecule has 0 fully saturated rings. The number of nitro groups is 1. The van der Waals surface area contributed by atoms with E-state index in [0.29, 0.717) is 5.69 Å². The minimum atomic E-state index is -1.16. The van der Waals surface area contributed by atoms with E-state index in [-0.39, 0.29) is 16.9 Å². The van der Waals surface area contributed by atoms with Gasteiger partial charge in [0.2, 0.25) is 0 Å². The number of nitrogens with zero attached hydrogens (tertiary/aromatic N) is 1. The molecule has 0 saturated heterocycles. The van der Waals surface area contributed by atoms with Crippen LogP contribution in [0.2, 0.25) is 0 Å². The van der Waals surface area contributed by atoms with E-state index in [0.717, 1.165) is 11.4 Å². The number of rotatable bonds is 6. The Morgan fingerprint density at radius 1 is 0.846 bits per heavy atom. The van der Waals surface area contributed by atoms with Gasteiger partial charge in [-0.25, -0.2) is 4.79 Å². The first-order chi connectivity index (χ1) is 12.5. The number of carbonyl (C=O) groups is 1. The Balaban J connectivity index is 1.81. The van der Waals surface area contributed by atoms with Gasteiger partial charge in [0.15, 0.2) is 0 Å². The van der Waals surface area contributed by atoms with Gasteiger partial charge in [0.1, 0.15) is 0 Å². The van der Waals surface area contributed by atoms with Crippen LogP contribution in [0.1, 0.15) is 10.4 Å². The largest absolute Gasteiger partial charge is 0.478 e. The summed E-state index contributed by atoms with van der Waals surface area (Å²) in [6.07, 6.45) is 0. The lowest BCUT2D eigenvalue weighted by Crippen LogP contribution is -2.03. The predicted molar refractivity (Wildman–Crippen MR) is 99.5 cm³/mol. The summed E-state index contributed by atoms with van der Waals surface area (Å²) in [5.74, 6) is -1.16. The average Bonchev–Trinajstić information content (AvgIpc) is 2.64. The fourth-order valence-corrected chi connectivity index (χ4v) is 2.42. The highest BCUT2D eigenvalue weighted by Crippen LogP contribution is 2.27. The summed E-state index contributed by atoms with van der Waals surface area (Å²) < 4.78 is 0. The molecule has 0 aliphatic rings. The molecule has 0 amide bonds. The van der Waals surface area contributed by atoms with Crippen LogP contribution < -0.4 is 10.6 Å². The van der Waals surface area contributed by atoms with Gasteiger partial charge in [-0.05, 0) is 42.5 Å². The van der Waals surface area contributed by atoms with Crippen LogP contribution in [0.25, 0.3) is 0 Å². The number of hydrogen-bond acceptors (Lipinski definition) is 5. The lowest BCUT2D eigenvalue weighted by atomic mass is 10.1. The summed E-state index contributed by atoms with van der Waals surface area (Å²) in [6, 6.07) is 20.4. The zero-order chi connectivity index (χ0) is 18.5. The number of non-ortho nitro benzene ring substituents is 1. The van der Waals surface area contributed by atoms with E-state index < -0.39 is 10.9 Å². The van der Waals surface area contributed by atoms with Crippen molar-refractivity contribution in [2.75, 3.05) is 10.6 Å². The van der Waals surface area contributed by atoms with Crippen LogP contribution in [0.3, 0.4) is 0 Å². The molecule has 7 heteroatoms. The zero-order valence-electron chi connectivity index (χ0n) is 13.5. The van der Waals surface area contributed by atoms with Gasteiger partial charge in [0.25, 0.3) is 5.69 Å². The molecule has 3 aromatic rings. The Hall–Kier alpha value is -3.87. The van der Waals surface area contributed by atoms with Gasteiger partial charge in [-0.15, -0.1) is 0 Å². The highest BCUT2D eigenvalue weighted by Gasteiger charge is 2.15. The van der Waals surface area contributed by atoms with Crippen molar-refractivity contribution in [1.82, 2.24) is 0 Å². The van der Waals surface area contributed by atoms with Crippen molar-refractivity contribution < 1.29 is 14.8 Å². The molecular weight excluding hydrogens is 334 g/mol. The van der Waals surface area contributed by atoms with E-state index in [1.54, 1.807) is 12.1 Å². The van der Waals surface area contributed by atoms with Crippen molar-refractivity contribution in [3.8, 4) is 0 Å². The van der Waals surface area contributed by atoms with Crippen LogP contribution in [0.15, 0.2) is 72.8 Å². The maximum Gasteiger partial charge on any atom is 0.337 e. The summed E-state index contributed by atoms with van der Waals surface area (Å²) in [5.41, 5.74) is 2.36. The molecule has 0 radical (unpaired) electrons. The molecule has 130 valence electrons. The third-order valence-corrected chi connectivity index (χ3v) is 3.67. The first-order valence-corrected chi connectivity index (χ1v) is 7.74. The number of nitrogens with one attached hydrogen (secondary N) is 2. The molecule has 0 unspecified atom stereocenters. The van der Waals surface area contributed by atoms with Crippen molar-refractivity contribution in [1.29, 1.82) is 0 Å². The SMILES string of the molecule is O=C(O)c1ccc([N+](=O)[O-])cc1Nc1ccc(Nc2ccccc2)cc1. The van der Waals surface area contributed by atoms with E-state index in [1.165, 1.54) is 18.2 Å². The second-order valence-corrected chi connectivity index (χ2v) is 5.49. The molecule has 3 aromatic carbocycles. The van der Waals surface area contributed by atoms with E-state index >= 15 is 0 Å². The summed E-state index contributed by atoms with van der Waals surface area (Å²) in [7, 11) is 0. The number of nitro benzene ring substituents is 1. The summed E-state index contributed by atoms with van der Waals surface area (Å²) in [4.78, 5) is 21.7. The number of para-hydroxylation sites is 1. The Bertz CT molecular complexity index is 941. The number of carboxylic acids is 1. The Kier molecular flexibility index (Phi) is 4.80. The zero-order valence-corrected chi connectivity index (χ0v) is 13.5. The number of hydrogen-bond donors (Lipinski definition) is 3. The molecule has 26 heavy (non-hydrogen) atoms. The van der Waals surface area contributed by atoms with Crippen LogP contribution in [0, 0.1) is 10.1 Å². The number of anilines is 4. The fraction of sp³-hybridized carbons (Fsp3) is 0. The fourth-order valence-electron chi connectivity index (χ4n) is 2.42. The van der Waals surface area contributed by atoms with Crippen LogP contribution in [0.5, 0.6) is 0 Å². The van der Waals surface area contributed by atoms with Gasteiger partial charge >= 0.3 is 5.97 Å². The van der Waals surface area contributed by atoms with Crippen molar-refractivity contribution in [3.05, 3.63) is 88.5 Å². The molecule has 3 N–H and O–H groups in total. The minimum absolute atomic E-state index is 0.0397. The third kappa shape index (κ3) is 3.96. The van der Waals surface area contributed by atoms with Crippen LogP contribution in [0.4, 0.5) is 28.4 Å². The molecular formula is C19H15N3O4. The normalized spacial score (nSPS) is 10.2. The smallest absolute Gasteiger partial charge is 0.337 e. The molecule has 0 heterocycles. The summed E-state index contributed by atoms with van der Waals surface area (Å²) in [6.45, 7) is 0. The number of benzene rings is 3. The van der Waals surface area contributed by atoms with Gasteiger partial charge in [-0.3, -0.25) is 10.1 Å². The maximum atomic E-state index is 11.3. The topological polar surface area (TPSA) is 104 Å². The lowest BCUT2D eigenvalue weighted by Gasteiger charge is -2.11. The standard InChI is InChI=1S/C19H15N3O4/c23-19(24)17-11-10-16(22(25)26)12-18(17)21-15-8-6-14(7-9-15)20-13-4-2-1-3-5-13/h1-12,20-21H,(H,23,24). The quantitative estimate of drug-likeness (QED) is 0.437. The van der Waals surface area contributed by atoms with Gasteiger partial charge in [-0.2, -0.15) is 0 Å². The van der Waals surface area contributed by atoms with Crippen molar-refractivity contribution in [3.63, 3.8) is 0 Å². The van der Waals surface area contributed by atoms with Gasteiger partial charge < -0.3 is 15.7 Å². The van der Waals surface area contributed by atoms with E-state index in [4.69, 9.17) is 0 Å². The number of carboxylic acid groups (broad SMARTS) is 1. The van der Waals surface area contributed by atoms with Crippen molar-refractivity contribution >= 4 is 34.4 Å². The van der Waals surface area contributed by atoms with E-state index in [2.05, 4.69) is 10.6 Å². The molecule has 0 aliphatic heterocycles. The first kappa shape index (κ1) is 17.0. The highest BCUT2D eigenvalue weighted by molar-refractivity contribution is 5.95. The molecule has 0 aromatic heterocycles. The second kappa shape index (κ2) is 7.35. The minimum Gasteiger partial charge on any atom is -0.478 e. The Morgan fingerprint density at radius 2 is 1.42 bits per heavy atom. The second-order valence-electron chi connectivity index (χ2n) is 5.49. The molecule has 0 atom stereocenters. The lowest BCUT2D eigenvalue weighted by molar-refractivity contribution is -0.384. The van der Waals surface area contributed by atoms with Gasteiger partial charge in [0.05, 0.1) is 16.2 Å².